The Kier molecular flexibility index (Phi) is 4.70. The number of rotatable bonds is 6. The van der Waals surface area contributed by atoms with Crippen LogP contribution in [0.3, 0.4) is 0 Å². The fourth-order valence-corrected chi connectivity index (χ4v) is 4.27. The molecule has 142 valence electrons. The van der Waals surface area contributed by atoms with E-state index in [9.17, 15) is 14.7 Å². The zero-order valence-corrected chi connectivity index (χ0v) is 15.9. The van der Waals surface area contributed by atoms with E-state index in [2.05, 4.69) is 15.2 Å². The molecule has 0 atom stereocenters. The maximum atomic E-state index is 13.2. The fraction of sp³-hybridized carbons (Fsp3) is 0.150. The number of nitrogens with one attached hydrogen (secondary N) is 2. The zero-order valence-electron chi connectivity index (χ0n) is 15.1. The van der Waals surface area contributed by atoms with Gasteiger partial charge in [0.1, 0.15) is 5.69 Å². The number of aromatic carboxylic acids is 1. The fourth-order valence-electron chi connectivity index (χ4n) is 3.22. The minimum Gasteiger partial charge on any atom is -0.478 e. The lowest BCUT2D eigenvalue weighted by Gasteiger charge is -2.21. The van der Waals surface area contributed by atoms with Crippen molar-refractivity contribution in [2.75, 3.05) is 0 Å². The van der Waals surface area contributed by atoms with E-state index < -0.39 is 5.97 Å². The normalized spacial score (nSPS) is 11.0. The maximum absolute atomic E-state index is 13.2. The van der Waals surface area contributed by atoms with Gasteiger partial charge >= 0.3 is 5.97 Å². The van der Waals surface area contributed by atoms with Crippen molar-refractivity contribution in [3.8, 4) is 0 Å². The topological polar surface area (TPSA) is 102 Å². The van der Waals surface area contributed by atoms with Gasteiger partial charge in [0.25, 0.3) is 5.91 Å². The third-order valence-corrected chi connectivity index (χ3v) is 5.57. The van der Waals surface area contributed by atoms with E-state index >= 15 is 0 Å². The lowest BCUT2D eigenvalue weighted by atomic mass is 10.2. The predicted molar refractivity (Wildman–Crippen MR) is 106 cm³/mol. The van der Waals surface area contributed by atoms with Crippen LogP contribution in [0.4, 0.5) is 0 Å². The SMILES string of the molecule is Cc1sc2cc(C(=O)N(Cc3ccccc3)Cc3ccn[nH]3)[nH]c2c1C(=O)O. The Morgan fingerprint density at radius 3 is 2.64 bits per heavy atom. The molecule has 3 aromatic heterocycles. The summed E-state index contributed by atoms with van der Waals surface area (Å²) in [4.78, 5) is 30.2. The number of thiophene rings is 1. The van der Waals surface area contributed by atoms with Crippen molar-refractivity contribution in [3.63, 3.8) is 0 Å². The Morgan fingerprint density at radius 2 is 1.96 bits per heavy atom. The molecular weight excluding hydrogens is 376 g/mol. The molecule has 4 rings (SSSR count). The van der Waals surface area contributed by atoms with Gasteiger partial charge in [-0.25, -0.2) is 4.79 Å². The summed E-state index contributed by atoms with van der Waals surface area (Å²) >= 11 is 1.37. The van der Waals surface area contributed by atoms with E-state index in [1.54, 1.807) is 24.1 Å². The van der Waals surface area contributed by atoms with E-state index in [0.29, 0.717) is 29.2 Å². The minimum atomic E-state index is -0.997. The number of fused-ring (bicyclic) bond motifs is 1. The van der Waals surface area contributed by atoms with Crippen LogP contribution in [0.2, 0.25) is 0 Å². The summed E-state index contributed by atoms with van der Waals surface area (Å²) in [6.07, 6.45) is 1.65. The van der Waals surface area contributed by atoms with Crippen molar-refractivity contribution < 1.29 is 14.7 Å². The van der Waals surface area contributed by atoms with Crippen LogP contribution in [0, 0.1) is 6.92 Å². The molecule has 0 aliphatic heterocycles. The van der Waals surface area contributed by atoms with Crippen LogP contribution in [0.1, 0.15) is 37.0 Å². The molecule has 4 aromatic rings. The summed E-state index contributed by atoms with van der Waals surface area (Å²) in [5, 5.41) is 16.3. The molecule has 7 nitrogen and oxygen atoms in total. The molecule has 0 saturated heterocycles. The summed E-state index contributed by atoms with van der Waals surface area (Å²) in [6.45, 7) is 2.56. The van der Waals surface area contributed by atoms with Crippen molar-refractivity contribution in [2.24, 2.45) is 0 Å². The summed E-state index contributed by atoms with van der Waals surface area (Å²) in [5.41, 5.74) is 2.92. The number of nitrogens with zero attached hydrogens (tertiary/aromatic N) is 2. The van der Waals surface area contributed by atoms with Crippen LogP contribution in [-0.4, -0.2) is 37.1 Å². The second-order valence-electron chi connectivity index (χ2n) is 6.49. The van der Waals surface area contributed by atoms with Crippen LogP contribution in [-0.2, 0) is 13.1 Å². The zero-order chi connectivity index (χ0) is 19.7. The summed E-state index contributed by atoms with van der Waals surface area (Å²) in [6, 6.07) is 13.3. The monoisotopic (exact) mass is 394 g/mol. The van der Waals surface area contributed by atoms with Gasteiger partial charge in [0.15, 0.2) is 0 Å². The van der Waals surface area contributed by atoms with Crippen LogP contribution in [0.25, 0.3) is 10.2 Å². The molecular formula is C20H18N4O3S. The van der Waals surface area contributed by atoms with E-state index in [0.717, 1.165) is 16.0 Å². The Labute approximate surface area is 164 Å². The lowest BCUT2D eigenvalue weighted by Crippen LogP contribution is -2.30. The number of carboxylic acid groups (broad SMARTS) is 1. The van der Waals surface area contributed by atoms with Crippen molar-refractivity contribution in [1.82, 2.24) is 20.1 Å². The average Bonchev–Trinajstić information content (AvgIpc) is 3.37. The molecule has 1 aromatic carbocycles. The summed E-state index contributed by atoms with van der Waals surface area (Å²) in [5.74, 6) is -1.20. The highest BCUT2D eigenvalue weighted by molar-refractivity contribution is 7.19. The van der Waals surface area contributed by atoms with Gasteiger partial charge in [-0.1, -0.05) is 30.3 Å². The molecule has 0 spiro atoms. The van der Waals surface area contributed by atoms with Crippen molar-refractivity contribution in [2.45, 2.75) is 20.0 Å². The molecule has 3 heterocycles. The third-order valence-electron chi connectivity index (χ3n) is 4.51. The van der Waals surface area contributed by atoms with Gasteiger partial charge in [-0.05, 0) is 24.6 Å². The molecule has 0 radical (unpaired) electrons. The molecule has 8 heteroatoms. The second-order valence-corrected chi connectivity index (χ2v) is 7.75. The average molecular weight is 394 g/mol. The number of aromatic nitrogens is 3. The molecule has 0 saturated carbocycles. The van der Waals surface area contributed by atoms with Crippen LogP contribution in [0.5, 0.6) is 0 Å². The van der Waals surface area contributed by atoms with Gasteiger partial charge < -0.3 is 15.0 Å². The van der Waals surface area contributed by atoms with Gasteiger partial charge in [0.05, 0.1) is 28.0 Å². The number of carbonyl (C=O) groups is 2. The first kappa shape index (κ1) is 18.0. The Hall–Kier alpha value is -3.39. The van der Waals surface area contributed by atoms with Crippen LogP contribution >= 0.6 is 11.3 Å². The molecule has 0 aliphatic carbocycles. The molecule has 3 N–H and O–H groups in total. The predicted octanol–water partition coefficient (Wildman–Crippen LogP) is 3.80. The maximum Gasteiger partial charge on any atom is 0.338 e. The highest BCUT2D eigenvalue weighted by atomic mass is 32.1. The first-order valence-corrected chi connectivity index (χ1v) is 9.51. The standard InChI is InChI=1S/C20H18N4O3S/c1-12-17(20(26)27)18-16(28-12)9-15(22-18)19(25)24(11-14-7-8-21-23-14)10-13-5-3-2-4-6-13/h2-9,22H,10-11H2,1H3,(H,21,23)(H,26,27). The van der Waals surface area contributed by atoms with Gasteiger partial charge in [0, 0.05) is 17.6 Å². The lowest BCUT2D eigenvalue weighted by molar-refractivity contribution is 0.0694. The highest BCUT2D eigenvalue weighted by Gasteiger charge is 2.23. The molecule has 1 amide bonds. The van der Waals surface area contributed by atoms with E-state index in [1.807, 2.05) is 36.4 Å². The van der Waals surface area contributed by atoms with Crippen LogP contribution in [0.15, 0.2) is 48.7 Å². The van der Waals surface area contributed by atoms with Gasteiger partial charge in [-0.15, -0.1) is 11.3 Å². The smallest absolute Gasteiger partial charge is 0.338 e. The van der Waals surface area contributed by atoms with E-state index in [1.165, 1.54) is 11.3 Å². The largest absolute Gasteiger partial charge is 0.478 e. The summed E-state index contributed by atoms with van der Waals surface area (Å²) < 4.78 is 0.763. The molecule has 0 fully saturated rings. The molecule has 0 aliphatic rings. The van der Waals surface area contributed by atoms with Crippen molar-refractivity contribution >= 4 is 33.4 Å². The van der Waals surface area contributed by atoms with Crippen molar-refractivity contribution in [1.29, 1.82) is 0 Å². The number of hydrogen-bond donors (Lipinski definition) is 3. The quantitative estimate of drug-likeness (QED) is 0.463. The molecule has 28 heavy (non-hydrogen) atoms. The van der Waals surface area contributed by atoms with Crippen molar-refractivity contribution in [3.05, 3.63) is 76.1 Å². The molecule has 0 unspecified atom stereocenters. The Bertz CT molecular complexity index is 1130. The third kappa shape index (κ3) is 3.41. The Balaban J connectivity index is 1.68. The number of carbonyl (C=O) groups excluding carboxylic acids is 1. The number of aromatic amines is 2. The number of amides is 1. The number of benzene rings is 1. The van der Waals surface area contributed by atoms with Gasteiger partial charge in [-0.3, -0.25) is 9.89 Å². The first-order chi connectivity index (χ1) is 13.5. The number of carboxylic acids is 1. The molecule has 0 bridgehead atoms. The summed E-state index contributed by atoms with van der Waals surface area (Å²) in [7, 11) is 0. The second kappa shape index (κ2) is 7.32. The highest BCUT2D eigenvalue weighted by Crippen LogP contribution is 2.31. The van der Waals surface area contributed by atoms with Crippen LogP contribution < -0.4 is 0 Å². The van der Waals surface area contributed by atoms with Gasteiger partial charge in [0.2, 0.25) is 0 Å². The van der Waals surface area contributed by atoms with E-state index in [-0.39, 0.29) is 11.5 Å². The Morgan fingerprint density at radius 1 is 1.18 bits per heavy atom. The number of aryl methyl sites for hydroxylation is 1. The minimum absolute atomic E-state index is 0.198. The van der Waals surface area contributed by atoms with Gasteiger partial charge in [-0.2, -0.15) is 5.10 Å². The number of H-pyrrole nitrogens is 2. The number of hydrogen-bond acceptors (Lipinski definition) is 4. The first-order valence-electron chi connectivity index (χ1n) is 8.70. The van der Waals surface area contributed by atoms with E-state index in [4.69, 9.17) is 0 Å².